The first kappa shape index (κ1) is 18.8. The van der Waals surface area contributed by atoms with Gasteiger partial charge in [0.2, 0.25) is 0 Å². The summed E-state index contributed by atoms with van der Waals surface area (Å²) in [5, 5.41) is 3.11. The number of carbonyl (C=O) groups excluding carboxylic acids is 1. The molecular weight excluding hydrogens is 314 g/mol. The summed E-state index contributed by atoms with van der Waals surface area (Å²) in [5.41, 5.74) is 3.52. The van der Waals surface area contributed by atoms with E-state index in [1.807, 2.05) is 6.07 Å². The molecule has 4 heteroatoms. The highest BCUT2D eigenvalue weighted by molar-refractivity contribution is 6.09. The third-order valence-electron chi connectivity index (χ3n) is 4.27. The summed E-state index contributed by atoms with van der Waals surface area (Å²) in [6.07, 6.45) is 0. The van der Waals surface area contributed by atoms with Gasteiger partial charge in [-0.05, 0) is 35.1 Å². The van der Waals surface area contributed by atoms with Gasteiger partial charge in [-0.25, -0.2) is 0 Å². The van der Waals surface area contributed by atoms with Crippen LogP contribution in [0.1, 0.15) is 61.0 Å². The summed E-state index contributed by atoms with van der Waals surface area (Å²) in [5.74, 6) is 1.35. The van der Waals surface area contributed by atoms with Gasteiger partial charge in [0.15, 0.2) is 0 Å². The molecule has 1 N–H and O–H groups in total. The van der Waals surface area contributed by atoms with Crippen molar-refractivity contribution in [2.75, 3.05) is 19.5 Å². The van der Waals surface area contributed by atoms with Crippen molar-refractivity contribution >= 4 is 11.6 Å². The lowest BCUT2D eigenvalue weighted by Crippen LogP contribution is -2.17. The average Bonchev–Trinajstić information content (AvgIpc) is 2.60. The molecule has 0 unspecified atom stereocenters. The van der Waals surface area contributed by atoms with Crippen LogP contribution < -0.4 is 14.8 Å². The summed E-state index contributed by atoms with van der Waals surface area (Å²) in [6, 6.07) is 11.5. The molecule has 0 aliphatic carbocycles. The Morgan fingerprint density at radius 1 is 0.840 bits per heavy atom. The molecule has 2 aromatic rings. The van der Waals surface area contributed by atoms with E-state index in [0.717, 1.165) is 16.8 Å². The van der Waals surface area contributed by atoms with Crippen LogP contribution in [0.2, 0.25) is 0 Å². The average molecular weight is 341 g/mol. The summed E-state index contributed by atoms with van der Waals surface area (Å²) < 4.78 is 10.7. The van der Waals surface area contributed by atoms with E-state index in [2.05, 4.69) is 45.1 Å². The van der Waals surface area contributed by atoms with E-state index < -0.39 is 0 Å². The molecule has 0 aliphatic heterocycles. The lowest BCUT2D eigenvalue weighted by Gasteiger charge is -2.21. The Balaban J connectivity index is 2.52. The molecule has 2 aromatic carbocycles. The number of ether oxygens (including phenoxy) is 2. The molecule has 0 saturated heterocycles. The molecule has 0 saturated carbocycles. The molecule has 0 radical (unpaired) electrons. The molecule has 0 heterocycles. The summed E-state index contributed by atoms with van der Waals surface area (Å²) in [6.45, 7) is 8.50. The maximum atomic E-state index is 13.1. The molecule has 4 nitrogen and oxygen atoms in total. The van der Waals surface area contributed by atoms with Gasteiger partial charge in [-0.3, -0.25) is 4.79 Å². The van der Waals surface area contributed by atoms with Gasteiger partial charge in [0.05, 0.1) is 14.2 Å². The van der Waals surface area contributed by atoms with Crippen LogP contribution in [0, 0.1) is 0 Å². The Morgan fingerprint density at radius 2 is 1.28 bits per heavy atom. The smallest absolute Gasteiger partial charge is 0.263 e. The SMILES string of the molecule is COc1cccc(OC)c1C(=O)Nc1c(C(C)C)cccc1C(C)C. The van der Waals surface area contributed by atoms with Gasteiger partial charge in [0.1, 0.15) is 17.1 Å². The number of benzene rings is 2. The first-order valence-corrected chi connectivity index (χ1v) is 8.55. The van der Waals surface area contributed by atoms with Gasteiger partial charge in [-0.2, -0.15) is 0 Å². The largest absolute Gasteiger partial charge is 0.496 e. The quantitative estimate of drug-likeness (QED) is 0.785. The number of methoxy groups -OCH3 is 2. The summed E-state index contributed by atoms with van der Waals surface area (Å²) >= 11 is 0. The molecule has 0 fully saturated rings. The topological polar surface area (TPSA) is 47.6 Å². The first-order valence-electron chi connectivity index (χ1n) is 8.55. The molecule has 25 heavy (non-hydrogen) atoms. The molecule has 0 aromatic heterocycles. The summed E-state index contributed by atoms with van der Waals surface area (Å²) in [4.78, 5) is 13.1. The zero-order valence-electron chi connectivity index (χ0n) is 15.8. The van der Waals surface area contributed by atoms with Crippen LogP contribution in [0.4, 0.5) is 5.69 Å². The van der Waals surface area contributed by atoms with Crippen LogP contribution in [-0.4, -0.2) is 20.1 Å². The lowest BCUT2D eigenvalue weighted by atomic mass is 9.92. The minimum Gasteiger partial charge on any atom is -0.496 e. The molecule has 0 bridgehead atoms. The van der Waals surface area contributed by atoms with Crippen LogP contribution in [0.3, 0.4) is 0 Å². The van der Waals surface area contributed by atoms with Crippen molar-refractivity contribution in [3.05, 3.63) is 53.1 Å². The zero-order chi connectivity index (χ0) is 18.6. The van der Waals surface area contributed by atoms with E-state index in [0.29, 0.717) is 28.9 Å². The highest BCUT2D eigenvalue weighted by Crippen LogP contribution is 2.34. The number of nitrogens with one attached hydrogen (secondary N) is 1. The summed E-state index contributed by atoms with van der Waals surface area (Å²) in [7, 11) is 3.10. The van der Waals surface area contributed by atoms with Crippen molar-refractivity contribution in [2.24, 2.45) is 0 Å². The second kappa shape index (κ2) is 8.06. The fourth-order valence-electron chi connectivity index (χ4n) is 2.95. The van der Waals surface area contributed by atoms with Gasteiger partial charge in [-0.1, -0.05) is 52.0 Å². The highest BCUT2D eigenvalue weighted by atomic mass is 16.5. The van der Waals surface area contributed by atoms with E-state index in [9.17, 15) is 4.79 Å². The Morgan fingerprint density at radius 3 is 1.68 bits per heavy atom. The normalized spacial score (nSPS) is 10.9. The van der Waals surface area contributed by atoms with Gasteiger partial charge in [-0.15, -0.1) is 0 Å². The third-order valence-corrected chi connectivity index (χ3v) is 4.27. The van der Waals surface area contributed by atoms with Crippen molar-refractivity contribution in [1.82, 2.24) is 0 Å². The van der Waals surface area contributed by atoms with E-state index in [-0.39, 0.29) is 5.91 Å². The van der Waals surface area contributed by atoms with Gasteiger partial charge in [0, 0.05) is 5.69 Å². The maximum absolute atomic E-state index is 13.1. The molecule has 1 amide bonds. The number of hydrogen-bond donors (Lipinski definition) is 1. The molecule has 0 aliphatic rings. The van der Waals surface area contributed by atoms with E-state index in [1.54, 1.807) is 32.4 Å². The predicted octanol–water partition coefficient (Wildman–Crippen LogP) is 5.20. The van der Waals surface area contributed by atoms with Crippen molar-refractivity contribution in [3.63, 3.8) is 0 Å². The Kier molecular flexibility index (Phi) is 6.07. The standard InChI is InChI=1S/C21H27NO3/c1-13(2)15-9-7-10-16(14(3)4)20(15)22-21(23)19-17(24-5)11-8-12-18(19)25-6/h7-14H,1-6H3,(H,22,23). The monoisotopic (exact) mass is 341 g/mol. The molecule has 134 valence electrons. The molecule has 0 spiro atoms. The van der Waals surface area contributed by atoms with Crippen LogP contribution in [0.15, 0.2) is 36.4 Å². The number of para-hydroxylation sites is 1. The van der Waals surface area contributed by atoms with Crippen molar-refractivity contribution in [3.8, 4) is 11.5 Å². The third kappa shape index (κ3) is 3.95. The fraction of sp³-hybridized carbons (Fsp3) is 0.381. The number of amides is 1. The second-order valence-electron chi connectivity index (χ2n) is 6.61. The second-order valence-corrected chi connectivity index (χ2v) is 6.61. The van der Waals surface area contributed by atoms with Crippen molar-refractivity contribution in [1.29, 1.82) is 0 Å². The van der Waals surface area contributed by atoms with Crippen LogP contribution in [0.5, 0.6) is 11.5 Å². The number of rotatable bonds is 6. The van der Waals surface area contributed by atoms with E-state index in [1.165, 1.54) is 0 Å². The minimum absolute atomic E-state index is 0.232. The number of hydrogen-bond acceptors (Lipinski definition) is 3. The van der Waals surface area contributed by atoms with Gasteiger partial charge < -0.3 is 14.8 Å². The lowest BCUT2D eigenvalue weighted by molar-refractivity contribution is 0.102. The number of carbonyl (C=O) groups is 1. The Hall–Kier alpha value is -2.49. The van der Waals surface area contributed by atoms with Crippen molar-refractivity contribution in [2.45, 2.75) is 39.5 Å². The first-order chi connectivity index (χ1) is 11.9. The van der Waals surface area contributed by atoms with Crippen LogP contribution in [0.25, 0.3) is 0 Å². The Bertz CT molecular complexity index is 702. The maximum Gasteiger partial charge on any atom is 0.263 e. The van der Waals surface area contributed by atoms with Crippen molar-refractivity contribution < 1.29 is 14.3 Å². The highest BCUT2D eigenvalue weighted by Gasteiger charge is 2.22. The van der Waals surface area contributed by atoms with Gasteiger partial charge in [0.25, 0.3) is 5.91 Å². The molecule has 2 rings (SSSR count). The van der Waals surface area contributed by atoms with Gasteiger partial charge >= 0.3 is 0 Å². The molecular formula is C21H27NO3. The fourth-order valence-corrected chi connectivity index (χ4v) is 2.95. The molecule has 0 atom stereocenters. The van der Waals surface area contributed by atoms with E-state index in [4.69, 9.17) is 9.47 Å². The minimum atomic E-state index is -0.232. The number of anilines is 1. The van der Waals surface area contributed by atoms with Crippen LogP contribution >= 0.6 is 0 Å². The predicted molar refractivity (Wildman–Crippen MR) is 102 cm³/mol. The van der Waals surface area contributed by atoms with E-state index >= 15 is 0 Å². The van der Waals surface area contributed by atoms with Crippen LogP contribution in [-0.2, 0) is 0 Å². The Labute approximate surface area is 150 Å². The zero-order valence-corrected chi connectivity index (χ0v) is 15.8.